The van der Waals surface area contributed by atoms with Crippen molar-refractivity contribution in [1.29, 1.82) is 0 Å². The number of carbonyl (C=O) groups excluding carboxylic acids is 1. The van der Waals surface area contributed by atoms with E-state index in [2.05, 4.69) is 10.5 Å². The largest absolute Gasteiger partial charge is 0.508 e. The zero-order chi connectivity index (χ0) is 17.4. The van der Waals surface area contributed by atoms with E-state index in [9.17, 15) is 20.0 Å². The number of phenols is 1. The fourth-order valence-electron chi connectivity index (χ4n) is 2.07. The van der Waals surface area contributed by atoms with Crippen molar-refractivity contribution in [2.75, 3.05) is 0 Å². The average Bonchev–Trinajstić information content (AvgIpc) is 2.57. The molecule has 0 aliphatic carbocycles. The van der Waals surface area contributed by atoms with Crippen molar-refractivity contribution in [3.63, 3.8) is 0 Å². The van der Waals surface area contributed by atoms with E-state index in [1.807, 2.05) is 12.1 Å². The predicted octanol–water partition coefficient (Wildman–Crippen LogP) is 2.77. The number of non-ortho nitro benzene ring substituents is 1. The number of benzene rings is 2. The van der Waals surface area contributed by atoms with Crippen LogP contribution in [0.15, 0.2) is 53.6 Å². The number of aromatic hydroxyl groups is 1. The molecule has 0 fully saturated rings. The molecule has 0 saturated heterocycles. The van der Waals surface area contributed by atoms with Gasteiger partial charge in [0.25, 0.3) is 5.69 Å². The summed E-state index contributed by atoms with van der Waals surface area (Å²) < 4.78 is 0. The van der Waals surface area contributed by atoms with Gasteiger partial charge in [0, 0.05) is 24.1 Å². The summed E-state index contributed by atoms with van der Waals surface area (Å²) >= 11 is 0. The highest BCUT2D eigenvalue weighted by Gasteiger charge is 2.04. The van der Waals surface area contributed by atoms with Crippen LogP contribution in [0, 0.1) is 10.1 Å². The van der Waals surface area contributed by atoms with Gasteiger partial charge in [0.15, 0.2) is 0 Å². The number of nitro benzene ring substituents is 1. The molecule has 7 nitrogen and oxygen atoms in total. The molecular formula is C17H17N3O4. The number of amides is 1. The number of aryl methyl sites for hydroxylation is 1. The van der Waals surface area contributed by atoms with Crippen LogP contribution in [0.1, 0.15) is 24.0 Å². The Morgan fingerprint density at radius 3 is 2.71 bits per heavy atom. The van der Waals surface area contributed by atoms with Gasteiger partial charge in [0.05, 0.1) is 11.1 Å². The first kappa shape index (κ1) is 17.1. The zero-order valence-electron chi connectivity index (χ0n) is 12.9. The van der Waals surface area contributed by atoms with E-state index in [4.69, 9.17) is 0 Å². The van der Waals surface area contributed by atoms with Gasteiger partial charge in [0.1, 0.15) is 5.75 Å². The number of rotatable bonds is 7. The molecule has 0 radical (unpaired) electrons. The Morgan fingerprint density at radius 2 is 2.00 bits per heavy atom. The van der Waals surface area contributed by atoms with Crippen LogP contribution in [0.25, 0.3) is 0 Å². The molecule has 2 N–H and O–H groups in total. The third-order valence-corrected chi connectivity index (χ3v) is 3.29. The number of hydrogen-bond donors (Lipinski definition) is 2. The van der Waals surface area contributed by atoms with Gasteiger partial charge >= 0.3 is 0 Å². The van der Waals surface area contributed by atoms with Crippen molar-refractivity contribution < 1.29 is 14.8 Å². The molecule has 0 saturated carbocycles. The number of carbonyl (C=O) groups is 1. The smallest absolute Gasteiger partial charge is 0.270 e. The predicted molar refractivity (Wildman–Crippen MR) is 89.9 cm³/mol. The second-order valence-electron chi connectivity index (χ2n) is 5.17. The highest BCUT2D eigenvalue weighted by atomic mass is 16.6. The lowest BCUT2D eigenvalue weighted by Gasteiger charge is -2.02. The minimum atomic E-state index is -0.487. The first-order chi connectivity index (χ1) is 11.5. The van der Waals surface area contributed by atoms with Gasteiger partial charge in [0.2, 0.25) is 5.91 Å². The Kier molecular flexibility index (Phi) is 6.01. The van der Waals surface area contributed by atoms with Crippen molar-refractivity contribution in [3.05, 3.63) is 69.8 Å². The van der Waals surface area contributed by atoms with Crippen LogP contribution in [0.5, 0.6) is 5.75 Å². The van der Waals surface area contributed by atoms with Gasteiger partial charge < -0.3 is 5.11 Å². The number of phenolic OH excluding ortho intramolecular Hbond substituents is 1. The summed E-state index contributed by atoms with van der Waals surface area (Å²) in [6.07, 6.45) is 3.06. The molecule has 0 aliphatic heterocycles. The van der Waals surface area contributed by atoms with E-state index in [-0.39, 0.29) is 17.3 Å². The summed E-state index contributed by atoms with van der Waals surface area (Å²) in [6, 6.07) is 12.8. The molecule has 7 heteroatoms. The Labute approximate surface area is 138 Å². The summed E-state index contributed by atoms with van der Waals surface area (Å²) in [5.41, 5.74) is 3.95. The van der Waals surface area contributed by atoms with Crippen LogP contribution in [-0.2, 0) is 11.2 Å². The van der Waals surface area contributed by atoms with E-state index >= 15 is 0 Å². The molecule has 124 valence electrons. The van der Waals surface area contributed by atoms with Crippen molar-refractivity contribution in [1.82, 2.24) is 5.43 Å². The summed E-state index contributed by atoms with van der Waals surface area (Å²) in [7, 11) is 0. The first-order valence-corrected chi connectivity index (χ1v) is 7.39. The normalized spacial score (nSPS) is 10.7. The van der Waals surface area contributed by atoms with E-state index < -0.39 is 4.92 Å². The molecule has 2 rings (SSSR count). The van der Waals surface area contributed by atoms with Gasteiger partial charge in [-0.05, 0) is 30.5 Å². The maximum atomic E-state index is 11.7. The maximum Gasteiger partial charge on any atom is 0.270 e. The quantitative estimate of drug-likeness (QED) is 0.463. The lowest BCUT2D eigenvalue weighted by molar-refractivity contribution is -0.384. The second kappa shape index (κ2) is 8.42. The molecule has 0 bridgehead atoms. The molecule has 0 aromatic heterocycles. The van der Waals surface area contributed by atoms with Crippen molar-refractivity contribution in [2.45, 2.75) is 19.3 Å². The first-order valence-electron chi connectivity index (χ1n) is 7.39. The van der Waals surface area contributed by atoms with Crippen molar-refractivity contribution in [2.24, 2.45) is 5.10 Å². The molecule has 0 aliphatic rings. The van der Waals surface area contributed by atoms with E-state index in [1.54, 1.807) is 24.3 Å². The highest BCUT2D eigenvalue weighted by Crippen LogP contribution is 2.12. The minimum Gasteiger partial charge on any atom is -0.508 e. The van der Waals surface area contributed by atoms with Crippen LogP contribution < -0.4 is 5.43 Å². The fourth-order valence-corrected chi connectivity index (χ4v) is 2.07. The maximum absolute atomic E-state index is 11.7. The number of nitrogens with zero attached hydrogens (tertiary/aromatic N) is 2. The van der Waals surface area contributed by atoms with E-state index in [0.717, 1.165) is 12.0 Å². The number of nitro groups is 1. The summed E-state index contributed by atoms with van der Waals surface area (Å²) in [4.78, 5) is 21.9. The van der Waals surface area contributed by atoms with Crippen LogP contribution in [-0.4, -0.2) is 22.2 Å². The molecule has 24 heavy (non-hydrogen) atoms. The Hall–Kier alpha value is -3.22. The molecular weight excluding hydrogens is 310 g/mol. The van der Waals surface area contributed by atoms with Crippen LogP contribution in [0.2, 0.25) is 0 Å². The summed E-state index contributed by atoms with van der Waals surface area (Å²) in [5, 5.41) is 23.7. The van der Waals surface area contributed by atoms with Crippen molar-refractivity contribution >= 4 is 17.8 Å². The lowest BCUT2D eigenvalue weighted by Crippen LogP contribution is -2.17. The number of hydrogen-bond acceptors (Lipinski definition) is 5. The molecule has 0 atom stereocenters. The van der Waals surface area contributed by atoms with Gasteiger partial charge in [-0.2, -0.15) is 5.10 Å². The molecule has 0 unspecified atom stereocenters. The molecule has 1 amide bonds. The van der Waals surface area contributed by atoms with Crippen LogP contribution in [0.3, 0.4) is 0 Å². The van der Waals surface area contributed by atoms with Crippen molar-refractivity contribution in [3.8, 4) is 5.75 Å². The highest BCUT2D eigenvalue weighted by molar-refractivity contribution is 5.83. The van der Waals surface area contributed by atoms with Gasteiger partial charge in [-0.1, -0.05) is 24.3 Å². The lowest BCUT2D eigenvalue weighted by atomic mass is 10.1. The van der Waals surface area contributed by atoms with Gasteiger partial charge in [-0.25, -0.2) is 5.43 Å². The second-order valence-corrected chi connectivity index (χ2v) is 5.17. The topological polar surface area (TPSA) is 105 Å². The van der Waals surface area contributed by atoms with E-state index in [0.29, 0.717) is 18.4 Å². The van der Waals surface area contributed by atoms with Crippen LogP contribution in [0.4, 0.5) is 5.69 Å². The molecule has 2 aromatic carbocycles. The summed E-state index contributed by atoms with van der Waals surface area (Å²) in [6.45, 7) is 0. The fraction of sp³-hybridized carbons (Fsp3) is 0.176. The third kappa shape index (κ3) is 5.53. The minimum absolute atomic E-state index is 0.0285. The SMILES string of the molecule is O=C(CCCc1ccc(O)cc1)N/N=C/c1cccc([N+](=O)[O-])c1. The van der Waals surface area contributed by atoms with Crippen LogP contribution >= 0.6 is 0 Å². The third-order valence-electron chi connectivity index (χ3n) is 3.29. The Morgan fingerprint density at radius 1 is 1.25 bits per heavy atom. The molecule has 2 aromatic rings. The Bertz CT molecular complexity index is 742. The monoisotopic (exact) mass is 327 g/mol. The van der Waals surface area contributed by atoms with Gasteiger partial charge in [-0.15, -0.1) is 0 Å². The molecule has 0 spiro atoms. The molecule has 0 heterocycles. The number of hydrazone groups is 1. The Balaban J connectivity index is 1.75. The van der Waals surface area contributed by atoms with Gasteiger partial charge in [-0.3, -0.25) is 14.9 Å². The summed E-state index contributed by atoms with van der Waals surface area (Å²) in [5.74, 6) is -0.0116. The van der Waals surface area contributed by atoms with E-state index in [1.165, 1.54) is 18.3 Å². The average molecular weight is 327 g/mol. The standard InChI is InChI=1S/C17H17N3O4/c21-16-9-7-13(8-10-16)3-2-6-17(22)19-18-12-14-4-1-5-15(11-14)20(23)24/h1,4-5,7-12,21H,2-3,6H2,(H,19,22)/b18-12+. The zero-order valence-corrected chi connectivity index (χ0v) is 12.9. The number of nitrogens with one attached hydrogen (secondary N) is 1.